The van der Waals surface area contributed by atoms with Gasteiger partial charge >= 0.3 is 6.03 Å². The molecule has 9 nitrogen and oxygen atoms in total. The van der Waals surface area contributed by atoms with Gasteiger partial charge in [0, 0.05) is 25.2 Å². The van der Waals surface area contributed by atoms with E-state index in [2.05, 4.69) is 37.7 Å². The molecule has 0 unspecified atom stereocenters. The number of pyridine rings is 1. The van der Waals surface area contributed by atoms with Gasteiger partial charge in [0.25, 0.3) is 0 Å². The van der Waals surface area contributed by atoms with Crippen molar-refractivity contribution in [3.8, 4) is 17.4 Å². The van der Waals surface area contributed by atoms with Crippen LogP contribution in [0.1, 0.15) is 24.0 Å². The topological polar surface area (TPSA) is 93.5 Å². The highest BCUT2D eigenvalue weighted by atomic mass is 16.5. The second-order valence-corrected chi connectivity index (χ2v) is 9.12. The van der Waals surface area contributed by atoms with E-state index in [1.54, 1.807) is 18.0 Å². The number of ether oxygens (including phenoxy) is 2. The van der Waals surface area contributed by atoms with E-state index in [0.29, 0.717) is 37.3 Å². The smallest absolute Gasteiger partial charge is 0.320 e. The quantitative estimate of drug-likeness (QED) is 0.353. The van der Waals surface area contributed by atoms with Crippen molar-refractivity contribution in [3.63, 3.8) is 0 Å². The van der Waals surface area contributed by atoms with Crippen LogP contribution in [-0.2, 0) is 0 Å². The maximum atomic E-state index is 13.5. The van der Waals surface area contributed by atoms with Crippen LogP contribution in [-0.4, -0.2) is 53.6 Å². The Balaban J connectivity index is 1.41. The van der Waals surface area contributed by atoms with Gasteiger partial charge in [0.15, 0.2) is 0 Å². The van der Waals surface area contributed by atoms with Crippen molar-refractivity contribution in [2.24, 2.45) is 0 Å². The largest absolute Gasteiger partial charge is 0.480 e. The minimum atomic E-state index is -0.306. The van der Waals surface area contributed by atoms with Crippen molar-refractivity contribution in [1.82, 2.24) is 20.1 Å². The molecule has 9 heteroatoms. The molecule has 2 N–H and O–H groups in total. The summed E-state index contributed by atoms with van der Waals surface area (Å²) < 4.78 is 12.9. The number of nitrogens with zero attached hydrogens (tertiary/aromatic N) is 4. The summed E-state index contributed by atoms with van der Waals surface area (Å²) in [6, 6.07) is 23.4. The van der Waals surface area contributed by atoms with E-state index in [0.717, 1.165) is 22.5 Å². The molecule has 1 aliphatic heterocycles. The molecule has 1 saturated heterocycles. The number of methoxy groups -OCH3 is 1. The molecule has 0 saturated carbocycles. The van der Waals surface area contributed by atoms with Crippen LogP contribution in [0.4, 0.5) is 16.3 Å². The molecule has 5 rings (SSSR count). The summed E-state index contributed by atoms with van der Waals surface area (Å²) in [6.07, 6.45) is 1.71. The Labute approximate surface area is 222 Å². The molecule has 196 valence electrons. The first-order chi connectivity index (χ1) is 18.6. The first-order valence-corrected chi connectivity index (χ1v) is 12.7. The summed E-state index contributed by atoms with van der Waals surface area (Å²) >= 11 is 0. The SMILES string of the molecule is CCOc1nn(-c2ccccc2)c(NC(=O)N[C@@H]2CN(c3cccnc3OC)C[C@H]2c2ccccc2)c1C. The number of aromatic nitrogens is 3. The Kier molecular flexibility index (Phi) is 7.44. The van der Waals surface area contributed by atoms with Crippen LogP contribution < -0.4 is 25.0 Å². The van der Waals surface area contributed by atoms with E-state index in [4.69, 9.17) is 9.47 Å². The van der Waals surface area contributed by atoms with Gasteiger partial charge in [0.2, 0.25) is 11.8 Å². The minimum absolute atomic E-state index is 0.0750. The number of carbonyl (C=O) groups excluding carboxylic acids is 1. The predicted molar refractivity (Wildman–Crippen MR) is 148 cm³/mol. The average molecular weight is 513 g/mol. The summed E-state index contributed by atoms with van der Waals surface area (Å²) in [5.41, 5.74) is 3.65. The lowest BCUT2D eigenvalue weighted by Crippen LogP contribution is -2.42. The molecule has 1 fully saturated rings. The van der Waals surface area contributed by atoms with Crippen LogP contribution in [0, 0.1) is 6.92 Å². The predicted octanol–water partition coefficient (Wildman–Crippen LogP) is 4.78. The maximum absolute atomic E-state index is 13.5. The van der Waals surface area contributed by atoms with E-state index in [-0.39, 0.29) is 18.0 Å². The number of amides is 2. The number of hydrogen-bond donors (Lipinski definition) is 2. The van der Waals surface area contributed by atoms with E-state index in [9.17, 15) is 4.79 Å². The maximum Gasteiger partial charge on any atom is 0.320 e. The minimum Gasteiger partial charge on any atom is -0.480 e. The van der Waals surface area contributed by atoms with E-state index >= 15 is 0 Å². The lowest BCUT2D eigenvalue weighted by Gasteiger charge is -2.21. The third kappa shape index (κ3) is 5.13. The van der Waals surface area contributed by atoms with Gasteiger partial charge in [-0.1, -0.05) is 48.5 Å². The third-order valence-electron chi connectivity index (χ3n) is 6.74. The zero-order valence-electron chi connectivity index (χ0n) is 21.8. The molecule has 2 aromatic carbocycles. The van der Waals surface area contributed by atoms with Gasteiger partial charge < -0.3 is 19.7 Å². The van der Waals surface area contributed by atoms with Crippen molar-refractivity contribution in [3.05, 3.63) is 90.1 Å². The van der Waals surface area contributed by atoms with Crippen LogP contribution in [0.25, 0.3) is 5.69 Å². The lowest BCUT2D eigenvalue weighted by atomic mass is 9.94. The summed E-state index contributed by atoms with van der Waals surface area (Å²) in [5.74, 6) is 1.70. The van der Waals surface area contributed by atoms with Crippen LogP contribution in [0.15, 0.2) is 79.0 Å². The second-order valence-electron chi connectivity index (χ2n) is 9.12. The van der Waals surface area contributed by atoms with E-state index < -0.39 is 0 Å². The van der Waals surface area contributed by atoms with Gasteiger partial charge in [0.05, 0.1) is 36.7 Å². The fourth-order valence-electron chi connectivity index (χ4n) is 4.93. The van der Waals surface area contributed by atoms with Gasteiger partial charge in [-0.3, -0.25) is 5.32 Å². The van der Waals surface area contributed by atoms with Crippen LogP contribution in [0.2, 0.25) is 0 Å². The van der Waals surface area contributed by atoms with Gasteiger partial charge in [0.1, 0.15) is 5.82 Å². The number of para-hydroxylation sites is 1. The van der Waals surface area contributed by atoms with Crippen molar-refractivity contribution < 1.29 is 14.3 Å². The Morgan fingerprint density at radius 2 is 1.74 bits per heavy atom. The van der Waals surface area contributed by atoms with E-state index in [1.807, 2.05) is 74.5 Å². The average Bonchev–Trinajstić information content (AvgIpc) is 3.51. The molecular weight excluding hydrogens is 480 g/mol. The number of carbonyl (C=O) groups is 1. The highest BCUT2D eigenvalue weighted by Crippen LogP contribution is 2.35. The summed E-state index contributed by atoms with van der Waals surface area (Å²) in [6.45, 7) is 5.61. The third-order valence-corrected chi connectivity index (χ3v) is 6.74. The summed E-state index contributed by atoms with van der Waals surface area (Å²) in [4.78, 5) is 20.0. The van der Waals surface area contributed by atoms with E-state index in [1.165, 1.54) is 0 Å². The highest BCUT2D eigenvalue weighted by Gasteiger charge is 2.36. The molecule has 4 aromatic rings. The first kappa shape index (κ1) is 25.1. The molecular formula is C29H32N6O3. The molecule has 1 aliphatic rings. The van der Waals surface area contributed by atoms with Crippen molar-refractivity contribution >= 4 is 17.5 Å². The fourth-order valence-corrected chi connectivity index (χ4v) is 4.93. The molecule has 38 heavy (non-hydrogen) atoms. The standard InChI is InChI=1S/C29H32N6O3/c1-4-38-27-20(2)26(35(33-27)22-14-9-6-10-15-22)32-29(36)31-24-19-34(25-16-11-17-30-28(25)37-3)18-23(24)21-12-7-5-8-13-21/h5-17,23-24H,4,18-19H2,1-3H3,(H2,31,32,36)/t23-,24+/m0/s1. The molecule has 3 heterocycles. The Bertz CT molecular complexity index is 1380. The molecule has 0 spiro atoms. The molecule has 0 radical (unpaired) electrons. The number of hydrogen-bond acceptors (Lipinski definition) is 6. The summed E-state index contributed by atoms with van der Waals surface area (Å²) in [7, 11) is 1.62. The normalized spacial score (nSPS) is 16.8. The Morgan fingerprint density at radius 3 is 2.45 bits per heavy atom. The van der Waals surface area contributed by atoms with Crippen LogP contribution in [0.3, 0.4) is 0 Å². The van der Waals surface area contributed by atoms with Crippen molar-refractivity contribution in [1.29, 1.82) is 0 Å². The highest BCUT2D eigenvalue weighted by molar-refractivity contribution is 5.90. The second kappa shape index (κ2) is 11.2. The van der Waals surface area contributed by atoms with Crippen molar-refractivity contribution in [2.45, 2.75) is 25.8 Å². The molecule has 2 aromatic heterocycles. The molecule has 0 bridgehead atoms. The van der Waals surface area contributed by atoms with Crippen LogP contribution >= 0.6 is 0 Å². The molecule has 0 aliphatic carbocycles. The summed E-state index contributed by atoms with van der Waals surface area (Å²) in [5, 5.41) is 10.9. The van der Waals surface area contributed by atoms with Gasteiger partial charge in [-0.15, -0.1) is 5.10 Å². The number of urea groups is 1. The number of anilines is 2. The number of benzene rings is 2. The fraction of sp³-hybridized carbons (Fsp3) is 0.276. The lowest BCUT2D eigenvalue weighted by molar-refractivity contribution is 0.248. The van der Waals surface area contributed by atoms with Crippen molar-refractivity contribution in [2.75, 3.05) is 37.0 Å². The van der Waals surface area contributed by atoms with Gasteiger partial charge in [-0.2, -0.15) is 0 Å². The first-order valence-electron chi connectivity index (χ1n) is 12.7. The number of rotatable bonds is 8. The van der Waals surface area contributed by atoms with Crippen LogP contribution in [0.5, 0.6) is 11.8 Å². The van der Waals surface area contributed by atoms with Gasteiger partial charge in [-0.25, -0.2) is 14.5 Å². The monoisotopic (exact) mass is 512 g/mol. The number of nitrogens with one attached hydrogen (secondary N) is 2. The Hall–Kier alpha value is -4.53. The zero-order valence-corrected chi connectivity index (χ0v) is 21.8. The molecule has 2 amide bonds. The Morgan fingerprint density at radius 1 is 1.00 bits per heavy atom. The zero-order chi connectivity index (χ0) is 26.5. The van der Waals surface area contributed by atoms with Gasteiger partial charge in [-0.05, 0) is 43.7 Å². The molecule has 2 atom stereocenters.